The number of hydrogen-bond donors (Lipinski definition) is 1. The molecule has 0 saturated heterocycles. The van der Waals surface area contributed by atoms with Crippen LogP contribution in [0.15, 0.2) is 56.9 Å². The summed E-state index contributed by atoms with van der Waals surface area (Å²) in [7, 11) is 2.92. The van der Waals surface area contributed by atoms with E-state index in [-0.39, 0.29) is 35.6 Å². The second-order valence-corrected chi connectivity index (χ2v) is 7.41. The Balaban J connectivity index is 1.46. The van der Waals surface area contributed by atoms with Crippen LogP contribution in [-0.2, 0) is 25.4 Å². The minimum absolute atomic E-state index is 0.0295. The first kappa shape index (κ1) is 21.8. The summed E-state index contributed by atoms with van der Waals surface area (Å²) in [6.45, 7) is 1.94. The number of nitrogens with zero attached hydrogens (tertiary/aromatic N) is 4. The van der Waals surface area contributed by atoms with E-state index in [1.54, 1.807) is 25.1 Å². The second kappa shape index (κ2) is 8.61. The topological polar surface area (TPSA) is 130 Å². The normalized spacial score (nSPS) is 11.0. The molecule has 0 unspecified atom stereocenters. The van der Waals surface area contributed by atoms with Crippen LogP contribution in [-0.4, -0.2) is 37.2 Å². The molecule has 11 nitrogen and oxygen atoms in total. The SMILES string of the molecule is Cc1ccc(C(=O)OCCn2cnc3c2c(=O)n(C)c(=O)n3C)cc1NC(=O)c1ccco1. The van der Waals surface area contributed by atoms with Crippen molar-refractivity contribution in [3.05, 3.63) is 80.6 Å². The Kier molecular flexibility index (Phi) is 5.69. The van der Waals surface area contributed by atoms with Crippen molar-refractivity contribution in [1.82, 2.24) is 18.7 Å². The molecule has 1 amide bonds. The molecule has 33 heavy (non-hydrogen) atoms. The highest BCUT2D eigenvalue weighted by atomic mass is 16.5. The molecule has 0 radical (unpaired) electrons. The number of esters is 1. The number of imidazole rings is 1. The summed E-state index contributed by atoms with van der Waals surface area (Å²) in [5, 5.41) is 2.71. The van der Waals surface area contributed by atoms with Crippen LogP contribution < -0.4 is 16.6 Å². The van der Waals surface area contributed by atoms with Gasteiger partial charge in [-0.05, 0) is 36.8 Å². The summed E-state index contributed by atoms with van der Waals surface area (Å²) in [5.74, 6) is -0.872. The van der Waals surface area contributed by atoms with Crippen molar-refractivity contribution in [3.8, 4) is 0 Å². The average molecular weight is 451 g/mol. The predicted octanol–water partition coefficient (Wildman–Crippen LogP) is 1.44. The van der Waals surface area contributed by atoms with Crippen LogP contribution in [0.2, 0.25) is 0 Å². The molecule has 4 rings (SSSR count). The molecule has 0 saturated carbocycles. The smallest absolute Gasteiger partial charge is 0.338 e. The molecule has 1 aromatic carbocycles. The third-order valence-corrected chi connectivity index (χ3v) is 5.25. The molecule has 170 valence electrons. The van der Waals surface area contributed by atoms with Gasteiger partial charge in [0.25, 0.3) is 11.5 Å². The number of carbonyl (C=O) groups is 2. The summed E-state index contributed by atoms with van der Waals surface area (Å²) in [6, 6.07) is 7.96. The summed E-state index contributed by atoms with van der Waals surface area (Å²) >= 11 is 0. The third kappa shape index (κ3) is 4.07. The number of benzene rings is 1. The van der Waals surface area contributed by atoms with E-state index in [2.05, 4.69) is 10.3 Å². The molecule has 0 spiro atoms. The summed E-state index contributed by atoms with van der Waals surface area (Å²) in [5.41, 5.74) is 1.02. The lowest BCUT2D eigenvalue weighted by Gasteiger charge is -2.11. The Morgan fingerprint density at radius 2 is 1.94 bits per heavy atom. The number of aromatic nitrogens is 4. The number of carbonyl (C=O) groups excluding carboxylic acids is 2. The highest BCUT2D eigenvalue weighted by molar-refractivity contribution is 6.03. The largest absolute Gasteiger partial charge is 0.460 e. The van der Waals surface area contributed by atoms with Crippen LogP contribution >= 0.6 is 0 Å². The number of anilines is 1. The van der Waals surface area contributed by atoms with Crippen molar-refractivity contribution in [1.29, 1.82) is 0 Å². The van der Waals surface area contributed by atoms with Crippen LogP contribution in [0.25, 0.3) is 11.2 Å². The van der Waals surface area contributed by atoms with E-state index in [0.717, 1.165) is 10.1 Å². The molecule has 0 aliphatic rings. The van der Waals surface area contributed by atoms with E-state index in [9.17, 15) is 19.2 Å². The van der Waals surface area contributed by atoms with Gasteiger partial charge in [0.2, 0.25) is 0 Å². The molecule has 0 fully saturated rings. The standard InChI is InChI=1S/C22H21N5O6/c1-13-6-7-14(11-15(13)24-19(28)16-5-4-9-32-16)21(30)33-10-8-27-12-23-18-17(27)20(29)26(3)22(31)25(18)2/h4-7,9,11-12H,8,10H2,1-3H3,(H,24,28). The minimum Gasteiger partial charge on any atom is -0.460 e. The zero-order chi connectivity index (χ0) is 23.7. The lowest BCUT2D eigenvalue weighted by atomic mass is 10.1. The molecule has 1 N–H and O–H groups in total. The predicted molar refractivity (Wildman–Crippen MR) is 118 cm³/mol. The van der Waals surface area contributed by atoms with Crippen LogP contribution in [0, 0.1) is 6.92 Å². The van der Waals surface area contributed by atoms with E-state index in [0.29, 0.717) is 5.69 Å². The lowest BCUT2D eigenvalue weighted by molar-refractivity contribution is 0.0492. The van der Waals surface area contributed by atoms with Gasteiger partial charge in [0, 0.05) is 19.8 Å². The number of aryl methyl sites for hydroxylation is 2. The third-order valence-electron chi connectivity index (χ3n) is 5.25. The fraction of sp³-hybridized carbons (Fsp3) is 0.227. The Hall–Kier alpha value is -4.41. The number of furan rings is 1. The number of fused-ring (bicyclic) bond motifs is 1. The first-order valence-electron chi connectivity index (χ1n) is 10.0. The average Bonchev–Trinajstić information content (AvgIpc) is 3.48. The van der Waals surface area contributed by atoms with E-state index in [1.807, 2.05) is 0 Å². The molecule has 0 bridgehead atoms. The minimum atomic E-state index is -0.590. The molecule has 0 aliphatic carbocycles. The van der Waals surface area contributed by atoms with Crippen LogP contribution in [0.5, 0.6) is 0 Å². The quantitative estimate of drug-likeness (QED) is 0.439. The molecule has 0 aliphatic heterocycles. The van der Waals surface area contributed by atoms with Crippen molar-refractivity contribution in [2.24, 2.45) is 14.1 Å². The van der Waals surface area contributed by atoms with E-state index in [1.165, 1.54) is 48.0 Å². The van der Waals surface area contributed by atoms with Gasteiger partial charge in [-0.15, -0.1) is 0 Å². The monoisotopic (exact) mass is 451 g/mol. The van der Waals surface area contributed by atoms with Gasteiger partial charge in [0.15, 0.2) is 16.9 Å². The van der Waals surface area contributed by atoms with Gasteiger partial charge in [-0.1, -0.05) is 6.07 Å². The Morgan fingerprint density at radius 1 is 1.15 bits per heavy atom. The fourth-order valence-corrected chi connectivity index (χ4v) is 3.36. The maximum absolute atomic E-state index is 12.5. The van der Waals surface area contributed by atoms with Gasteiger partial charge in [0.1, 0.15) is 6.61 Å². The molecule has 3 heterocycles. The molecule has 11 heteroatoms. The van der Waals surface area contributed by atoms with Crippen molar-refractivity contribution < 1.29 is 18.7 Å². The number of rotatable bonds is 6. The summed E-state index contributed by atoms with van der Waals surface area (Å²) in [4.78, 5) is 53.4. The van der Waals surface area contributed by atoms with Gasteiger partial charge in [0.05, 0.1) is 24.7 Å². The van der Waals surface area contributed by atoms with E-state index < -0.39 is 23.1 Å². The summed E-state index contributed by atoms with van der Waals surface area (Å²) < 4.78 is 14.2. The van der Waals surface area contributed by atoms with Crippen LogP contribution in [0.3, 0.4) is 0 Å². The Bertz CT molecular complexity index is 1480. The van der Waals surface area contributed by atoms with Crippen molar-refractivity contribution in [2.45, 2.75) is 13.5 Å². The van der Waals surface area contributed by atoms with Crippen LogP contribution in [0.4, 0.5) is 5.69 Å². The van der Waals surface area contributed by atoms with Gasteiger partial charge < -0.3 is 19.0 Å². The number of amides is 1. The first-order chi connectivity index (χ1) is 15.8. The molecule has 3 aromatic heterocycles. The first-order valence-corrected chi connectivity index (χ1v) is 10.0. The van der Waals surface area contributed by atoms with Crippen molar-refractivity contribution >= 4 is 28.7 Å². The van der Waals surface area contributed by atoms with Gasteiger partial charge in [-0.2, -0.15) is 0 Å². The molecule has 0 atom stereocenters. The highest BCUT2D eigenvalue weighted by Gasteiger charge is 2.16. The maximum atomic E-state index is 12.5. The summed E-state index contributed by atoms with van der Waals surface area (Å²) in [6.07, 6.45) is 2.82. The number of nitrogens with one attached hydrogen (secondary N) is 1. The zero-order valence-electron chi connectivity index (χ0n) is 18.2. The number of ether oxygens (including phenoxy) is 1. The van der Waals surface area contributed by atoms with Crippen LogP contribution in [0.1, 0.15) is 26.5 Å². The second-order valence-electron chi connectivity index (χ2n) is 7.41. The maximum Gasteiger partial charge on any atom is 0.338 e. The Labute approximate surface area is 186 Å². The number of hydrogen-bond acceptors (Lipinski definition) is 7. The lowest BCUT2D eigenvalue weighted by Crippen LogP contribution is -2.37. The van der Waals surface area contributed by atoms with E-state index in [4.69, 9.17) is 9.15 Å². The molecular formula is C22H21N5O6. The van der Waals surface area contributed by atoms with Gasteiger partial charge >= 0.3 is 11.7 Å². The van der Waals surface area contributed by atoms with Crippen molar-refractivity contribution in [2.75, 3.05) is 11.9 Å². The molecular weight excluding hydrogens is 430 g/mol. The molecule has 4 aromatic rings. The fourth-order valence-electron chi connectivity index (χ4n) is 3.36. The highest BCUT2D eigenvalue weighted by Crippen LogP contribution is 2.19. The van der Waals surface area contributed by atoms with E-state index >= 15 is 0 Å². The van der Waals surface area contributed by atoms with Gasteiger partial charge in [-0.25, -0.2) is 14.6 Å². The van der Waals surface area contributed by atoms with Crippen molar-refractivity contribution in [3.63, 3.8) is 0 Å². The zero-order valence-corrected chi connectivity index (χ0v) is 18.2. The van der Waals surface area contributed by atoms with Gasteiger partial charge in [-0.3, -0.25) is 18.7 Å². The Morgan fingerprint density at radius 3 is 2.67 bits per heavy atom.